The van der Waals surface area contributed by atoms with Gasteiger partial charge in [0.25, 0.3) is 0 Å². The van der Waals surface area contributed by atoms with E-state index in [4.69, 9.17) is 0 Å². The van der Waals surface area contributed by atoms with E-state index in [-0.39, 0.29) is 0 Å². The first-order valence-corrected chi connectivity index (χ1v) is 6.43. The smallest absolute Gasteiger partial charge is 0.164 e. The summed E-state index contributed by atoms with van der Waals surface area (Å²) >= 11 is 0. The van der Waals surface area contributed by atoms with E-state index < -0.39 is 0 Å². The first kappa shape index (κ1) is 11.4. The molecule has 1 saturated carbocycles. The Morgan fingerprint density at radius 1 is 1.44 bits per heavy atom. The van der Waals surface area contributed by atoms with E-state index in [0.717, 1.165) is 5.92 Å². The number of hydrazone groups is 1. The molecule has 4 nitrogen and oxygen atoms in total. The molecule has 4 heteroatoms. The van der Waals surface area contributed by atoms with Crippen molar-refractivity contribution < 1.29 is 0 Å². The molecule has 0 radical (unpaired) electrons. The first-order chi connectivity index (χ1) is 8.68. The summed E-state index contributed by atoms with van der Waals surface area (Å²) in [6, 6.07) is 0. The van der Waals surface area contributed by atoms with Crippen molar-refractivity contribution in [1.29, 1.82) is 0 Å². The Balaban J connectivity index is 1.65. The lowest BCUT2D eigenvalue weighted by atomic mass is 9.49. The molecule has 2 bridgehead atoms. The van der Waals surface area contributed by atoms with Gasteiger partial charge < -0.3 is 0 Å². The maximum Gasteiger partial charge on any atom is 0.164 e. The zero-order valence-corrected chi connectivity index (χ0v) is 10.8. The molecule has 0 spiro atoms. The zero-order valence-electron chi connectivity index (χ0n) is 10.8. The molecule has 1 fully saturated rings. The highest BCUT2D eigenvalue weighted by atomic mass is 15.3. The number of allylic oxidation sites excluding steroid dienone is 2. The minimum Gasteiger partial charge on any atom is -0.260 e. The quantitative estimate of drug-likeness (QED) is 0.655. The van der Waals surface area contributed by atoms with Crippen LogP contribution in [0.25, 0.3) is 0 Å². The van der Waals surface area contributed by atoms with Gasteiger partial charge in [0.05, 0.1) is 12.4 Å². The van der Waals surface area contributed by atoms with E-state index in [1.54, 1.807) is 18.6 Å². The second kappa shape index (κ2) is 4.19. The van der Waals surface area contributed by atoms with Crippen molar-refractivity contribution in [3.8, 4) is 0 Å². The molecule has 18 heavy (non-hydrogen) atoms. The van der Waals surface area contributed by atoms with Crippen molar-refractivity contribution in [3.05, 3.63) is 30.2 Å². The van der Waals surface area contributed by atoms with Crippen LogP contribution < -0.4 is 5.43 Å². The number of anilines is 1. The molecule has 3 aliphatic carbocycles. The van der Waals surface area contributed by atoms with Crippen molar-refractivity contribution in [1.82, 2.24) is 9.97 Å². The second-order valence-electron chi connectivity index (χ2n) is 5.71. The molecule has 2 unspecified atom stereocenters. The lowest BCUT2D eigenvalue weighted by Gasteiger charge is -2.55. The molecule has 4 rings (SSSR count). The van der Waals surface area contributed by atoms with Gasteiger partial charge in [-0.25, -0.2) is 4.98 Å². The Morgan fingerprint density at radius 3 is 3.00 bits per heavy atom. The first-order valence-electron chi connectivity index (χ1n) is 6.43. The summed E-state index contributed by atoms with van der Waals surface area (Å²) in [6.07, 6.45) is 11.7. The number of aromatic nitrogens is 2. The van der Waals surface area contributed by atoms with Crippen molar-refractivity contribution in [2.45, 2.75) is 26.7 Å². The summed E-state index contributed by atoms with van der Waals surface area (Å²) in [5.74, 6) is 2.21. The van der Waals surface area contributed by atoms with E-state index in [0.29, 0.717) is 17.2 Å². The van der Waals surface area contributed by atoms with Gasteiger partial charge >= 0.3 is 0 Å². The maximum absolute atomic E-state index is 4.26. The molecule has 1 aromatic heterocycles. The van der Waals surface area contributed by atoms with Gasteiger partial charge in [0.15, 0.2) is 5.82 Å². The highest BCUT2D eigenvalue weighted by molar-refractivity contribution is 5.81. The fourth-order valence-electron chi connectivity index (χ4n) is 3.07. The number of rotatable bonds is 3. The van der Waals surface area contributed by atoms with Gasteiger partial charge in [0, 0.05) is 12.4 Å². The molecule has 1 heterocycles. The fraction of sp³-hybridized carbons (Fsp3) is 0.500. The molecule has 94 valence electrons. The molecule has 0 amide bonds. The number of hydrogen-bond acceptors (Lipinski definition) is 4. The van der Waals surface area contributed by atoms with Crippen LogP contribution in [0.2, 0.25) is 0 Å². The summed E-state index contributed by atoms with van der Waals surface area (Å²) in [6.45, 7) is 4.73. The summed E-state index contributed by atoms with van der Waals surface area (Å²) in [7, 11) is 0. The molecule has 1 N–H and O–H groups in total. The fourth-order valence-corrected chi connectivity index (χ4v) is 3.07. The standard InChI is InChI=1S/C14H18N4/c1-14(2)11-4-3-10(12(14)7-11)8-17-18-13-9-15-5-6-16-13/h3,5-6,8-9,11-12H,4,7H2,1-2H3,(H,16,18). The highest BCUT2D eigenvalue weighted by Gasteiger charge is 2.50. The van der Waals surface area contributed by atoms with Crippen molar-refractivity contribution in [2.24, 2.45) is 22.4 Å². The molecule has 2 atom stereocenters. The third kappa shape index (κ3) is 1.82. The van der Waals surface area contributed by atoms with Gasteiger partial charge in [-0.1, -0.05) is 19.9 Å². The van der Waals surface area contributed by atoms with E-state index in [2.05, 4.69) is 40.4 Å². The van der Waals surface area contributed by atoms with E-state index in [9.17, 15) is 0 Å². The number of hydrogen-bond donors (Lipinski definition) is 1. The van der Waals surface area contributed by atoms with E-state index in [1.165, 1.54) is 18.4 Å². The predicted octanol–water partition coefficient (Wildman–Crippen LogP) is 2.87. The summed E-state index contributed by atoms with van der Waals surface area (Å²) in [5.41, 5.74) is 4.72. The predicted molar refractivity (Wildman–Crippen MR) is 72.2 cm³/mol. The van der Waals surface area contributed by atoms with Gasteiger partial charge in [-0.2, -0.15) is 5.10 Å². The van der Waals surface area contributed by atoms with Gasteiger partial charge in [-0.15, -0.1) is 0 Å². The van der Waals surface area contributed by atoms with Crippen LogP contribution in [0.5, 0.6) is 0 Å². The number of nitrogens with zero attached hydrogens (tertiary/aromatic N) is 3. The minimum absolute atomic E-state index is 0.447. The molecule has 0 saturated heterocycles. The Bertz CT molecular complexity index is 490. The Labute approximate surface area is 107 Å². The van der Waals surface area contributed by atoms with E-state index in [1.807, 2.05) is 6.21 Å². The van der Waals surface area contributed by atoms with Crippen LogP contribution in [0, 0.1) is 17.3 Å². The van der Waals surface area contributed by atoms with Crippen molar-refractivity contribution >= 4 is 12.0 Å². The second-order valence-corrected chi connectivity index (χ2v) is 5.71. The van der Waals surface area contributed by atoms with Crippen LogP contribution >= 0.6 is 0 Å². The van der Waals surface area contributed by atoms with Crippen LogP contribution in [0.15, 0.2) is 35.3 Å². The molecule has 1 aromatic rings. The zero-order chi connectivity index (χ0) is 12.6. The third-order valence-corrected chi connectivity index (χ3v) is 4.47. The molecular weight excluding hydrogens is 224 g/mol. The molecule has 0 aromatic carbocycles. The Kier molecular flexibility index (Phi) is 2.65. The van der Waals surface area contributed by atoms with Crippen LogP contribution in [0.4, 0.5) is 5.82 Å². The molecular formula is C14H18N4. The third-order valence-electron chi connectivity index (χ3n) is 4.47. The highest BCUT2D eigenvalue weighted by Crippen LogP contribution is 2.58. The molecule has 3 aliphatic rings. The van der Waals surface area contributed by atoms with Crippen LogP contribution in [0.1, 0.15) is 26.7 Å². The van der Waals surface area contributed by atoms with Crippen molar-refractivity contribution in [2.75, 3.05) is 5.43 Å². The number of nitrogens with one attached hydrogen (secondary N) is 1. The van der Waals surface area contributed by atoms with Gasteiger partial charge in [-0.05, 0) is 35.7 Å². The molecule has 0 aliphatic heterocycles. The lowest BCUT2D eigenvalue weighted by molar-refractivity contribution is -0.00124. The Morgan fingerprint density at radius 2 is 2.33 bits per heavy atom. The van der Waals surface area contributed by atoms with Gasteiger partial charge in [0.2, 0.25) is 0 Å². The maximum atomic E-state index is 4.26. The largest absolute Gasteiger partial charge is 0.260 e. The van der Waals surface area contributed by atoms with Crippen molar-refractivity contribution in [3.63, 3.8) is 0 Å². The summed E-state index contributed by atoms with van der Waals surface area (Å²) in [4.78, 5) is 8.09. The van der Waals surface area contributed by atoms with Gasteiger partial charge in [-0.3, -0.25) is 10.4 Å². The lowest BCUT2D eigenvalue weighted by Crippen LogP contribution is -2.48. The number of fused-ring (bicyclic) bond motifs is 1. The minimum atomic E-state index is 0.447. The van der Waals surface area contributed by atoms with E-state index >= 15 is 0 Å². The monoisotopic (exact) mass is 242 g/mol. The average molecular weight is 242 g/mol. The van der Waals surface area contributed by atoms with Crippen LogP contribution in [-0.2, 0) is 0 Å². The van der Waals surface area contributed by atoms with Crippen LogP contribution in [-0.4, -0.2) is 16.2 Å². The Hall–Kier alpha value is -1.71. The average Bonchev–Trinajstić information content (AvgIpc) is 2.40. The SMILES string of the molecule is CC1(C)C2CC=C(C=NNc3cnccn3)C1C2. The summed E-state index contributed by atoms with van der Waals surface area (Å²) < 4.78 is 0. The normalized spacial score (nSPS) is 28.7. The van der Waals surface area contributed by atoms with Crippen LogP contribution in [0.3, 0.4) is 0 Å². The topological polar surface area (TPSA) is 50.2 Å². The summed E-state index contributed by atoms with van der Waals surface area (Å²) in [5, 5.41) is 4.26. The van der Waals surface area contributed by atoms with Gasteiger partial charge in [0.1, 0.15) is 0 Å².